The topological polar surface area (TPSA) is 129 Å². The van der Waals surface area contributed by atoms with Gasteiger partial charge in [-0.1, -0.05) is 0 Å². The fraction of sp³-hybridized carbons (Fsp3) is 0.370. The molecule has 0 aliphatic carbocycles. The molecule has 0 radical (unpaired) electrons. The summed E-state index contributed by atoms with van der Waals surface area (Å²) >= 11 is 0. The van der Waals surface area contributed by atoms with Crippen LogP contribution in [-0.4, -0.2) is 55.6 Å². The lowest BCUT2D eigenvalue weighted by atomic mass is 10.0. The maximum absolute atomic E-state index is 14.8. The highest BCUT2D eigenvalue weighted by atomic mass is 32.2. The van der Waals surface area contributed by atoms with E-state index in [0.29, 0.717) is 17.5 Å². The molecule has 0 unspecified atom stereocenters. The number of aromatic nitrogens is 2. The number of hydrogen-bond acceptors (Lipinski definition) is 9. The van der Waals surface area contributed by atoms with Crippen LogP contribution in [-0.2, 0) is 20.3 Å². The van der Waals surface area contributed by atoms with Crippen molar-refractivity contribution in [3.63, 3.8) is 0 Å². The number of carbonyl (C=O) groups is 1. The number of rotatable bonds is 5. The second-order valence-corrected chi connectivity index (χ2v) is 12.3. The first-order chi connectivity index (χ1) is 18.9. The highest BCUT2D eigenvalue weighted by Crippen LogP contribution is 2.34. The van der Waals surface area contributed by atoms with Gasteiger partial charge in [-0.3, -0.25) is 0 Å². The molecule has 3 heterocycles. The lowest BCUT2D eigenvalue weighted by Crippen LogP contribution is -2.35. The molecular weight excluding hydrogens is 546 g/mol. The number of anilines is 2. The number of sulfone groups is 1. The van der Waals surface area contributed by atoms with Crippen LogP contribution < -0.4 is 20.1 Å². The molecule has 10 nitrogen and oxygen atoms in total. The number of nitrogens with zero attached hydrogens (tertiary/aromatic N) is 2. The molecule has 1 aromatic carbocycles. The van der Waals surface area contributed by atoms with Gasteiger partial charge in [0.25, 0.3) is 0 Å². The van der Waals surface area contributed by atoms with Gasteiger partial charge in [0.2, 0.25) is 5.88 Å². The summed E-state index contributed by atoms with van der Waals surface area (Å²) in [6.45, 7) is 5.33. The molecule has 214 valence electrons. The number of halogens is 2. The predicted octanol–water partition coefficient (Wildman–Crippen LogP) is 4.77. The minimum atomic E-state index is -3.65. The third-order valence-corrected chi connectivity index (χ3v) is 7.07. The Morgan fingerprint density at radius 1 is 1.07 bits per heavy atom. The molecular formula is C27H30F2N4O6S. The Morgan fingerprint density at radius 2 is 1.85 bits per heavy atom. The summed E-state index contributed by atoms with van der Waals surface area (Å²) in [5, 5.41) is 5.40. The van der Waals surface area contributed by atoms with E-state index in [4.69, 9.17) is 14.2 Å². The first-order valence-corrected chi connectivity index (χ1v) is 14.4. The second-order valence-electron chi connectivity index (χ2n) is 10.1. The maximum atomic E-state index is 14.8. The zero-order valence-electron chi connectivity index (χ0n) is 22.3. The Kier molecular flexibility index (Phi) is 8.72. The summed E-state index contributed by atoms with van der Waals surface area (Å²) < 4.78 is 70.9. The fourth-order valence-corrected chi connectivity index (χ4v) is 5.06. The number of pyridine rings is 2. The Bertz CT molecular complexity index is 1490. The molecule has 0 saturated heterocycles. The molecule has 0 saturated carbocycles. The number of alkyl carbamates (subject to hydrolysis) is 1. The van der Waals surface area contributed by atoms with Crippen LogP contribution in [0.5, 0.6) is 11.6 Å². The van der Waals surface area contributed by atoms with Crippen molar-refractivity contribution in [1.29, 1.82) is 0 Å². The van der Waals surface area contributed by atoms with Crippen molar-refractivity contribution < 1.29 is 36.2 Å². The number of ether oxygens (including phenoxy) is 3. The normalized spacial score (nSPS) is 13.5. The monoisotopic (exact) mass is 576 g/mol. The van der Waals surface area contributed by atoms with Crippen molar-refractivity contribution in [2.24, 2.45) is 0 Å². The third kappa shape index (κ3) is 8.25. The summed E-state index contributed by atoms with van der Waals surface area (Å²) in [5.41, 5.74) is 0.163. The van der Waals surface area contributed by atoms with Gasteiger partial charge in [-0.2, -0.15) is 4.98 Å². The van der Waals surface area contributed by atoms with Gasteiger partial charge in [-0.05, 0) is 50.6 Å². The molecule has 4 rings (SSSR count). The lowest BCUT2D eigenvalue weighted by molar-refractivity contribution is 0.0531. The Hall–Kier alpha value is -4.00. The highest BCUT2D eigenvalue weighted by molar-refractivity contribution is 7.90. The minimum absolute atomic E-state index is 0.121. The summed E-state index contributed by atoms with van der Waals surface area (Å²) in [6, 6.07) is 8.28. The third-order valence-electron chi connectivity index (χ3n) is 5.47. The van der Waals surface area contributed by atoms with E-state index in [9.17, 15) is 22.0 Å². The molecule has 4 bridgehead atoms. The zero-order chi connectivity index (χ0) is 28.9. The maximum Gasteiger partial charge on any atom is 0.407 e. The lowest BCUT2D eigenvalue weighted by Gasteiger charge is -2.19. The van der Waals surface area contributed by atoms with Gasteiger partial charge in [0.1, 0.15) is 34.6 Å². The van der Waals surface area contributed by atoms with E-state index in [2.05, 4.69) is 20.6 Å². The molecule has 13 heteroatoms. The van der Waals surface area contributed by atoms with Crippen LogP contribution in [0.15, 0.2) is 42.6 Å². The number of hydrogen-bond donors (Lipinski definition) is 2. The highest BCUT2D eigenvalue weighted by Gasteiger charge is 2.19. The van der Waals surface area contributed by atoms with E-state index in [-0.39, 0.29) is 60.1 Å². The number of carbonyl (C=O) groups excluding carboxylic acids is 1. The van der Waals surface area contributed by atoms with Crippen molar-refractivity contribution in [2.45, 2.75) is 38.5 Å². The number of nitrogens with one attached hydrogen (secondary N) is 2. The Balaban J connectivity index is 1.57. The number of fused-ring (bicyclic) bond motifs is 6. The van der Waals surface area contributed by atoms with Crippen LogP contribution in [0.1, 0.15) is 32.8 Å². The average molecular weight is 577 g/mol. The first-order valence-electron chi connectivity index (χ1n) is 12.5. The van der Waals surface area contributed by atoms with Gasteiger partial charge in [-0.15, -0.1) is 0 Å². The first kappa shape index (κ1) is 29.0. The van der Waals surface area contributed by atoms with Crippen molar-refractivity contribution in [3.8, 4) is 22.8 Å². The van der Waals surface area contributed by atoms with Crippen LogP contribution in [0.2, 0.25) is 0 Å². The summed E-state index contributed by atoms with van der Waals surface area (Å²) in [4.78, 5) is 20.3. The largest absolute Gasteiger partial charge is 0.493 e. The van der Waals surface area contributed by atoms with Gasteiger partial charge in [0.15, 0.2) is 9.84 Å². The molecule has 2 N–H and O–H groups in total. The fourth-order valence-electron chi connectivity index (χ4n) is 3.83. The molecule has 0 spiro atoms. The predicted molar refractivity (Wildman–Crippen MR) is 144 cm³/mol. The van der Waals surface area contributed by atoms with Gasteiger partial charge < -0.3 is 24.8 Å². The summed E-state index contributed by atoms with van der Waals surface area (Å²) in [5.74, 6) is -1.03. The molecule has 1 amide bonds. The Labute approximate surface area is 231 Å². The molecule has 0 fully saturated rings. The molecule has 1 aliphatic rings. The van der Waals surface area contributed by atoms with Crippen LogP contribution in [0.25, 0.3) is 11.1 Å². The van der Waals surface area contributed by atoms with E-state index < -0.39 is 33.2 Å². The van der Waals surface area contributed by atoms with Crippen LogP contribution in [0.4, 0.5) is 25.2 Å². The van der Waals surface area contributed by atoms with E-state index in [1.807, 2.05) is 0 Å². The summed E-state index contributed by atoms with van der Waals surface area (Å²) in [7, 11) is -3.65. The second kappa shape index (κ2) is 12.0. The quantitative estimate of drug-likeness (QED) is 0.441. The van der Waals surface area contributed by atoms with Crippen molar-refractivity contribution in [2.75, 3.05) is 30.8 Å². The minimum Gasteiger partial charge on any atom is -0.493 e. The molecule has 2 aromatic heterocycles. The molecule has 1 aliphatic heterocycles. The van der Waals surface area contributed by atoms with E-state index in [0.717, 1.165) is 6.20 Å². The van der Waals surface area contributed by atoms with Crippen molar-refractivity contribution in [1.82, 2.24) is 15.3 Å². The van der Waals surface area contributed by atoms with E-state index >= 15 is 0 Å². The number of benzene rings is 1. The van der Waals surface area contributed by atoms with Crippen LogP contribution in [0.3, 0.4) is 0 Å². The average Bonchev–Trinajstić information content (AvgIpc) is 2.83. The zero-order valence-corrected chi connectivity index (χ0v) is 23.1. The van der Waals surface area contributed by atoms with Gasteiger partial charge in [-0.25, -0.2) is 27.0 Å². The van der Waals surface area contributed by atoms with Gasteiger partial charge in [0, 0.05) is 36.2 Å². The van der Waals surface area contributed by atoms with Crippen molar-refractivity contribution >= 4 is 27.6 Å². The Morgan fingerprint density at radius 3 is 2.62 bits per heavy atom. The summed E-state index contributed by atoms with van der Waals surface area (Å²) in [6.07, 6.45) is 0.702. The standard InChI is InChI=1S/C27H30F2N4O6S/c1-27(2,3)39-26(34)30-7-10-40(35,36)16-17-11-24-32-23-14-20(21(29)15-31-23)19-6-5-18(28)13-22(19)37-8-4-9-38-25(12-17)33-24/h5-6,11-15H,4,7-10,16H2,1-3H3,(H,30,34)(H,31,32,33). The van der Waals surface area contributed by atoms with Crippen molar-refractivity contribution in [3.05, 3.63) is 59.8 Å². The van der Waals surface area contributed by atoms with Crippen LogP contribution >= 0.6 is 0 Å². The smallest absolute Gasteiger partial charge is 0.407 e. The SMILES string of the molecule is CC(C)(C)OC(=O)NCCS(=O)(=O)Cc1cc2nc(c1)OCCCOc1cc(F)ccc1-c1cc(ncc1F)N2. The number of amides is 1. The van der Waals surface area contributed by atoms with E-state index in [1.165, 1.54) is 36.4 Å². The molecule has 40 heavy (non-hydrogen) atoms. The van der Waals surface area contributed by atoms with Gasteiger partial charge in [0.05, 0.1) is 30.9 Å². The molecule has 3 aromatic rings. The van der Waals surface area contributed by atoms with Crippen LogP contribution in [0, 0.1) is 11.6 Å². The van der Waals surface area contributed by atoms with E-state index in [1.54, 1.807) is 20.8 Å². The van der Waals surface area contributed by atoms with Gasteiger partial charge >= 0.3 is 6.09 Å². The molecule has 0 atom stereocenters.